The molecule has 7 heteroatoms. The smallest absolute Gasteiger partial charge is 0.252 e. The Bertz CT molecular complexity index is 1610. The van der Waals surface area contributed by atoms with Gasteiger partial charge in [0.1, 0.15) is 0 Å². The molecule has 0 aliphatic carbocycles. The Morgan fingerprint density at radius 1 is 0.943 bits per heavy atom. The van der Waals surface area contributed by atoms with E-state index in [9.17, 15) is 4.79 Å². The molecule has 0 unspecified atom stereocenters. The van der Waals surface area contributed by atoms with Gasteiger partial charge in [-0.1, -0.05) is 24.3 Å². The zero-order valence-electron chi connectivity index (χ0n) is 19.5. The molecule has 3 aromatic heterocycles. The number of thiophene rings is 1. The summed E-state index contributed by atoms with van der Waals surface area (Å²) in [7, 11) is 2.18. The van der Waals surface area contributed by atoms with E-state index in [4.69, 9.17) is 0 Å². The minimum absolute atomic E-state index is 0.00362. The highest BCUT2D eigenvalue weighted by atomic mass is 32.1. The van der Waals surface area contributed by atoms with Crippen molar-refractivity contribution >= 4 is 38.5 Å². The van der Waals surface area contributed by atoms with Crippen LogP contribution in [0.15, 0.2) is 67.0 Å². The lowest BCUT2D eigenvalue weighted by atomic mass is 9.93. The Morgan fingerprint density at radius 3 is 2.69 bits per heavy atom. The van der Waals surface area contributed by atoms with Crippen LogP contribution in [0.4, 0.5) is 5.69 Å². The van der Waals surface area contributed by atoms with Gasteiger partial charge >= 0.3 is 0 Å². The second-order valence-electron chi connectivity index (χ2n) is 9.41. The molecule has 0 bridgehead atoms. The monoisotopic (exact) mass is 479 g/mol. The molecule has 6 nitrogen and oxygen atoms in total. The third-order valence-corrected chi connectivity index (χ3v) is 8.45. The average molecular weight is 480 g/mol. The lowest BCUT2D eigenvalue weighted by Gasteiger charge is -2.34. The van der Waals surface area contributed by atoms with Gasteiger partial charge in [-0.05, 0) is 53.9 Å². The molecule has 35 heavy (non-hydrogen) atoms. The van der Waals surface area contributed by atoms with E-state index >= 15 is 0 Å². The highest BCUT2D eigenvalue weighted by molar-refractivity contribution is 7.22. The molecule has 2 aromatic carbocycles. The first-order chi connectivity index (χ1) is 17.2. The van der Waals surface area contributed by atoms with Gasteiger partial charge in [0, 0.05) is 65.3 Å². The Kier molecular flexibility index (Phi) is 4.69. The van der Waals surface area contributed by atoms with Crippen LogP contribution in [0, 0.1) is 0 Å². The van der Waals surface area contributed by atoms with Crippen molar-refractivity contribution in [1.29, 1.82) is 0 Å². The highest BCUT2D eigenvalue weighted by Crippen LogP contribution is 2.42. The molecule has 1 fully saturated rings. The van der Waals surface area contributed by atoms with Crippen molar-refractivity contribution < 1.29 is 4.79 Å². The van der Waals surface area contributed by atoms with Crippen molar-refractivity contribution in [2.75, 3.05) is 38.1 Å². The topological polar surface area (TPSA) is 52.9 Å². The number of carbonyl (C=O) groups excluding carboxylic acids is 1. The van der Waals surface area contributed by atoms with Gasteiger partial charge in [-0.25, -0.2) is 4.52 Å². The summed E-state index contributed by atoms with van der Waals surface area (Å²) in [6.07, 6.45) is 3.84. The number of anilines is 1. The van der Waals surface area contributed by atoms with Gasteiger partial charge in [0.2, 0.25) is 0 Å². The number of hydrogen-bond acceptors (Lipinski definition) is 5. The maximum Gasteiger partial charge on any atom is 0.252 e. The molecule has 1 N–H and O–H groups in total. The number of carbonyl (C=O) groups is 1. The van der Waals surface area contributed by atoms with Gasteiger partial charge < -0.3 is 15.1 Å². The maximum absolute atomic E-state index is 13.0. The quantitative estimate of drug-likeness (QED) is 0.401. The normalized spacial score (nSPS) is 16.3. The Morgan fingerprint density at radius 2 is 1.80 bits per heavy atom. The van der Waals surface area contributed by atoms with Gasteiger partial charge in [0.25, 0.3) is 5.91 Å². The van der Waals surface area contributed by atoms with Crippen LogP contribution >= 0.6 is 11.3 Å². The summed E-state index contributed by atoms with van der Waals surface area (Å²) in [6, 6.07) is 19.3. The summed E-state index contributed by atoms with van der Waals surface area (Å²) in [4.78, 5) is 19.0. The Balaban J connectivity index is 1.31. The average Bonchev–Trinajstić information content (AvgIpc) is 3.60. The molecule has 174 valence electrons. The molecule has 2 aliphatic heterocycles. The summed E-state index contributed by atoms with van der Waals surface area (Å²) in [5.41, 5.74) is 7.31. The summed E-state index contributed by atoms with van der Waals surface area (Å²) in [6.45, 7) is 4.83. The van der Waals surface area contributed by atoms with E-state index in [0.29, 0.717) is 6.54 Å². The van der Waals surface area contributed by atoms with Crippen LogP contribution in [-0.2, 0) is 6.54 Å². The van der Waals surface area contributed by atoms with Gasteiger partial charge in [0.15, 0.2) is 0 Å². The molecular weight excluding hydrogens is 454 g/mol. The van der Waals surface area contributed by atoms with Gasteiger partial charge in [-0.2, -0.15) is 5.10 Å². The molecule has 5 aromatic rings. The third kappa shape index (κ3) is 3.34. The lowest BCUT2D eigenvalue weighted by molar-refractivity contribution is 0.0966. The molecular formula is C28H25N5OS. The molecule has 5 heterocycles. The first kappa shape index (κ1) is 20.7. The number of aromatic nitrogens is 2. The molecule has 1 saturated heterocycles. The van der Waals surface area contributed by atoms with Crippen molar-refractivity contribution in [2.24, 2.45) is 0 Å². The van der Waals surface area contributed by atoms with Gasteiger partial charge in [-0.3, -0.25) is 4.79 Å². The van der Waals surface area contributed by atoms with Crippen molar-refractivity contribution in [3.05, 3.63) is 78.1 Å². The molecule has 0 spiro atoms. The first-order valence-electron chi connectivity index (χ1n) is 12.0. The number of nitrogens with zero attached hydrogens (tertiary/aromatic N) is 4. The lowest BCUT2D eigenvalue weighted by Crippen LogP contribution is -2.44. The number of pyridine rings is 1. The predicted molar refractivity (Wildman–Crippen MR) is 142 cm³/mol. The summed E-state index contributed by atoms with van der Waals surface area (Å²) < 4.78 is 3.14. The molecule has 0 atom stereocenters. The molecule has 2 aliphatic rings. The summed E-state index contributed by atoms with van der Waals surface area (Å²) in [5.74, 6) is 0.00362. The molecule has 0 radical (unpaired) electrons. The maximum atomic E-state index is 13.0. The van der Waals surface area contributed by atoms with E-state index in [2.05, 4.69) is 69.7 Å². The Hall–Kier alpha value is -3.68. The van der Waals surface area contributed by atoms with E-state index in [1.54, 1.807) is 11.3 Å². The number of benzene rings is 2. The van der Waals surface area contributed by atoms with Crippen LogP contribution in [0.1, 0.15) is 15.9 Å². The van der Waals surface area contributed by atoms with E-state index in [-0.39, 0.29) is 5.91 Å². The zero-order valence-corrected chi connectivity index (χ0v) is 20.3. The number of nitrogens with one attached hydrogen (secondary N) is 1. The molecule has 0 saturated carbocycles. The summed E-state index contributed by atoms with van der Waals surface area (Å²) >= 11 is 1.77. The van der Waals surface area contributed by atoms with Crippen LogP contribution < -0.4 is 10.2 Å². The minimum atomic E-state index is 0.00362. The number of fused-ring (bicyclic) bond motifs is 3. The second kappa shape index (κ2) is 7.93. The predicted octanol–water partition coefficient (Wildman–Crippen LogP) is 4.88. The van der Waals surface area contributed by atoms with E-state index in [1.807, 2.05) is 29.0 Å². The van der Waals surface area contributed by atoms with Gasteiger partial charge in [-0.15, -0.1) is 11.3 Å². The number of hydrogen-bond donors (Lipinski definition) is 1. The zero-order chi connectivity index (χ0) is 23.5. The third-order valence-electron chi connectivity index (χ3n) is 7.32. The number of piperazine rings is 1. The van der Waals surface area contributed by atoms with Crippen LogP contribution in [-0.4, -0.2) is 53.6 Å². The van der Waals surface area contributed by atoms with E-state index in [0.717, 1.165) is 64.4 Å². The van der Waals surface area contributed by atoms with Crippen molar-refractivity contribution in [3.8, 4) is 21.6 Å². The van der Waals surface area contributed by atoms with Crippen LogP contribution in [0.3, 0.4) is 0 Å². The highest BCUT2D eigenvalue weighted by Gasteiger charge is 2.28. The fraction of sp³-hybridized carbons (Fsp3) is 0.214. The summed E-state index contributed by atoms with van der Waals surface area (Å²) in [5, 5.41) is 8.79. The number of likely N-dealkylation sites (N-methyl/N-ethyl adjacent to an activating group) is 1. The minimum Gasteiger partial charge on any atom is -0.369 e. The number of amides is 1. The van der Waals surface area contributed by atoms with Crippen LogP contribution in [0.5, 0.6) is 0 Å². The van der Waals surface area contributed by atoms with E-state index in [1.165, 1.54) is 15.8 Å². The standard InChI is InChI=1S/C28H25N5OS/c1-31-10-12-32(13-11-31)19-6-5-18-14-26(35-25(18)15-19)21-8-7-20(23-16-29-28(34)27(21)23)22-17-30-33-9-3-2-4-24(22)33/h2-9,14-15,17H,10-13,16H2,1H3,(H,29,34). The largest absolute Gasteiger partial charge is 0.369 e. The first-order valence-corrected chi connectivity index (χ1v) is 12.8. The molecule has 1 amide bonds. The van der Waals surface area contributed by atoms with Crippen LogP contribution in [0.2, 0.25) is 0 Å². The van der Waals surface area contributed by atoms with Crippen LogP contribution in [0.25, 0.3) is 37.2 Å². The number of rotatable bonds is 3. The van der Waals surface area contributed by atoms with Crippen molar-refractivity contribution in [2.45, 2.75) is 6.54 Å². The fourth-order valence-electron chi connectivity index (χ4n) is 5.36. The van der Waals surface area contributed by atoms with E-state index < -0.39 is 0 Å². The Labute approximate surface area is 207 Å². The van der Waals surface area contributed by atoms with Crippen molar-refractivity contribution in [1.82, 2.24) is 19.8 Å². The SMILES string of the molecule is CN1CCN(c2ccc3cc(-c4ccc(-c5cnn6ccccc56)c5c4C(=O)NC5)sc3c2)CC1. The fourth-order valence-corrected chi connectivity index (χ4v) is 6.49. The van der Waals surface area contributed by atoms with Crippen molar-refractivity contribution in [3.63, 3.8) is 0 Å². The molecule has 7 rings (SSSR count). The van der Waals surface area contributed by atoms with Gasteiger partial charge in [0.05, 0.1) is 17.3 Å². The second-order valence-corrected chi connectivity index (χ2v) is 10.5.